The Labute approximate surface area is 99.2 Å². The normalized spacial score (nSPS) is 15.9. The molecule has 1 aliphatic rings. The number of nitrogens with two attached hydrogens (primary N) is 1. The monoisotopic (exact) mass is 237 g/mol. The summed E-state index contributed by atoms with van der Waals surface area (Å²) in [7, 11) is 0. The molecule has 1 aromatic carbocycles. The third-order valence-electron chi connectivity index (χ3n) is 2.61. The van der Waals surface area contributed by atoms with Crippen LogP contribution in [0.15, 0.2) is 12.1 Å². The highest BCUT2D eigenvalue weighted by Crippen LogP contribution is 2.29. The van der Waals surface area contributed by atoms with Gasteiger partial charge in [-0.15, -0.1) is 0 Å². The van der Waals surface area contributed by atoms with Gasteiger partial charge in [-0.1, -0.05) is 11.6 Å². The molecule has 1 saturated heterocycles. The van der Waals surface area contributed by atoms with Gasteiger partial charge in [0.15, 0.2) is 0 Å². The van der Waals surface area contributed by atoms with Crippen molar-refractivity contribution in [3.8, 4) is 6.07 Å². The first-order chi connectivity index (χ1) is 7.72. The minimum Gasteiger partial charge on any atom is -0.396 e. The van der Waals surface area contributed by atoms with Crippen molar-refractivity contribution in [1.29, 1.82) is 5.26 Å². The van der Waals surface area contributed by atoms with E-state index in [0.717, 1.165) is 18.8 Å². The number of nitrogens with zero attached hydrogens (tertiary/aromatic N) is 2. The number of hydrogen-bond donors (Lipinski definition) is 1. The average Bonchev–Trinajstić information content (AvgIpc) is 2.33. The summed E-state index contributed by atoms with van der Waals surface area (Å²) in [5, 5.41) is 9.36. The molecular weight excluding hydrogens is 226 g/mol. The molecular formula is C11H12ClN3O. The number of halogens is 1. The van der Waals surface area contributed by atoms with Crippen molar-refractivity contribution >= 4 is 23.0 Å². The molecule has 0 aliphatic carbocycles. The molecule has 0 radical (unpaired) electrons. The first-order valence-corrected chi connectivity index (χ1v) is 5.42. The molecule has 1 fully saturated rings. The Morgan fingerprint density at radius 3 is 2.69 bits per heavy atom. The molecule has 0 saturated carbocycles. The largest absolute Gasteiger partial charge is 0.396 e. The summed E-state index contributed by atoms with van der Waals surface area (Å²) in [5.74, 6) is 0. The third kappa shape index (κ3) is 2.06. The second-order valence-corrected chi connectivity index (χ2v) is 4.01. The molecule has 5 heteroatoms. The summed E-state index contributed by atoms with van der Waals surface area (Å²) in [6, 6.07) is 5.61. The SMILES string of the molecule is N#Cc1cc(N2CCOCC2)cc(Cl)c1N. The van der Waals surface area contributed by atoms with Gasteiger partial charge < -0.3 is 15.4 Å². The molecule has 0 unspecified atom stereocenters. The number of anilines is 2. The molecule has 0 spiro atoms. The summed E-state index contributed by atoms with van der Waals surface area (Å²) in [4.78, 5) is 2.13. The van der Waals surface area contributed by atoms with Crippen LogP contribution >= 0.6 is 11.6 Å². The van der Waals surface area contributed by atoms with Crippen molar-refractivity contribution in [3.05, 3.63) is 22.7 Å². The van der Waals surface area contributed by atoms with Gasteiger partial charge in [-0.25, -0.2) is 0 Å². The van der Waals surface area contributed by atoms with Crippen LogP contribution in [0.5, 0.6) is 0 Å². The number of nitriles is 1. The fourth-order valence-corrected chi connectivity index (χ4v) is 1.91. The summed E-state index contributed by atoms with van der Waals surface area (Å²) >= 11 is 5.98. The number of ether oxygens (including phenoxy) is 1. The quantitative estimate of drug-likeness (QED) is 0.755. The minimum absolute atomic E-state index is 0.348. The maximum atomic E-state index is 8.93. The van der Waals surface area contributed by atoms with Crippen LogP contribution in [0.1, 0.15) is 5.56 Å². The summed E-state index contributed by atoms with van der Waals surface area (Å²) in [5.41, 5.74) is 7.40. The predicted molar refractivity (Wildman–Crippen MR) is 63.6 cm³/mol. The Morgan fingerprint density at radius 2 is 2.06 bits per heavy atom. The van der Waals surface area contributed by atoms with Crippen LogP contribution in [0.25, 0.3) is 0 Å². The van der Waals surface area contributed by atoms with Crippen molar-refractivity contribution in [2.75, 3.05) is 36.9 Å². The molecule has 2 N–H and O–H groups in total. The van der Waals surface area contributed by atoms with Crippen LogP contribution in [-0.2, 0) is 4.74 Å². The summed E-state index contributed by atoms with van der Waals surface area (Å²) < 4.78 is 5.27. The molecule has 0 aromatic heterocycles. The molecule has 0 atom stereocenters. The Bertz CT molecular complexity index is 436. The molecule has 84 valence electrons. The van der Waals surface area contributed by atoms with Gasteiger partial charge >= 0.3 is 0 Å². The van der Waals surface area contributed by atoms with E-state index in [1.807, 2.05) is 6.07 Å². The zero-order valence-corrected chi connectivity index (χ0v) is 9.50. The van der Waals surface area contributed by atoms with Crippen LogP contribution in [-0.4, -0.2) is 26.3 Å². The smallest absolute Gasteiger partial charge is 0.101 e. The molecule has 1 aliphatic heterocycles. The highest BCUT2D eigenvalue weighted by Gasteiger charge is 2.14. The lowest BCUT2D eigenvalue weighted by atomic mass is 10.1. The molecule has 2 rings (SSSR count). The minimum atomic E-state index is 0.348. The maximum absolute atomic E-state index is 8.93. The van der Waals surface area contributed by atoms with Gasteiger partial charge in [-0.2, -0.15) is 5.26 Å². The first kappa shape index (κ1) is 11.1. The van der Waals surface area contributed by atoms with Crippen molar-refractivity contribution in [2.45, 2.75) is 0 Å². The van der Waals surface area contributed by atoms with Crippen LogP contribution < -0.4 is 10.6 Å². The average molecular weight is 238 g/mol. The Kier molecular flexibility index (Phi) is 3.18. The zero-order valence-electron chi connectivity index (χ0n) is 8.74. The van der Waals surface area contributed by atoms with Gasteiger partial charge in [0, 0.05) is 18.8 Å². The van der Waals surface area contributed by atoms with Crippen LogP contribution in [0.2, 0.25) is 5.02 Å². The van der Waals surface area contributed by atoms with Gasteiger partial charge in [0.2, 0.25) is 0 Å². The number of nitrogen functional groups attached to an aromatic ring is 1. The lowest BCUT2D eigenvalue weighted by molar-refractivity contribution is 0.122. The standard InChI is InChI=1S/C11H12ClN3O/c12-10-6-9(5-8(7-13)11(10)14)15-1-3-16-4-2-15/h5-6H,1-4,14H2. The first-order valence-electron chi connectivity index (χ1n) is 5.04. The van der Waals surface area contributed by atoms with Crippen molar-refractivity contribution in [2.24, 2.45) is 0 Å². The highest BCUT2D eigenvalue weighted by atomic mass is 35.5. The fraction of sp³-hybridized carbons (Fsp3) is 0.364. The molecule has 1 heterocycles. The molecule has 0 amide bonds. The van der Waals surface area contributed by atoms with Crippen LogP contribution in [0, 0.1) is 11.3 Å². The van der Waals surface area contributed by atoms with Gasteiger partial charge in [-0.3, -0.25) is 0 Å². The number of rotatable bonds is 1. The van der Waals surface area contributed by atoms with E-state index < -0.39 is 0 Å². The van der Waals surface area contributed by atoms with Gasteiger partial charge in [0.1, 0.15) is 6.07 Å². The lowest BCUT2D eigenvalue weighted by Crippen LogP contribution is -2.36. The summed E-state index contributed by atoms with van der Waals surface area (Å²) in [6.07, 6.45) is 0. The Hall–Kier alpha value is -1.44. The van der Waals surface area contributed by atoms with E-state index in [1.165, 1.54) is 0 Å². The second kappa shape index (κ2) is 4.60. The molecule has 4 nitrogen and oxygen atoms in total. The van der Waals surface area contributed by atoms with E-state index in [-0.39, 0.29) is 0 Å². The molecule has 1 aromatic rings. The second-order valence-electron chi connectivity index (χ2n) is 3.60. The maximum Gasteiger partial charge on any atom is 0.101 e. The molecule has 0 bridgehead atoms. The van der Waals surface area contributed by atoms with E-state index in [2.05, 4.69) is 4.90 Å². The van der Waals surface area contributed by atoms with Crippen LogP contribution in [0.3, 0.4) is 0 Å². The van der Waals surface area contributed by atoms with Crippen molar-refractivity contribution in [1.82, 2.24) is 0 Å². The third-order valence-corrected chi connectivity index (χ3v) is 2.92. The highest BCUT2D eigenvalue weighted by molar-refractivity contribution is 6.33. The van der Waals surface area contributed by atoms with E-state index in [4.69, 9.17) is 27.3 Å². The number of benzene rings is 1. The fourth-order valence-electron chi connectivity index (χ4n) is 1.70. The molecule has 16 heavy (non-hydrogen) atoms. The van der Waals surface area contributed by atoms with E-state index in [0.29, 0.717) is 29.5 Å². The number of morpholine rings is 1. The zero-order chi connectivity index (χ0) is 11.5. The number of hydrogen-bond acceptors (Lipinski definition) is 4. The van der Waals surface area contributed by atoms with Gasteiger partial charge in [0.25, 0.3) is 0 Å². The summed E-state index contributed by atoms with van der Waals surface area (Å²) in [6.45, 7) is 3.02. The Morgan fingerprint density at radius 1 is 1.38 bits per heavy atom. The Balaban J connectivity index is 2.34. The van der Waals surface area contributed by atoms with E-state index >= 15 is 0 Å². The van der Waals surface area contributed by atoms with Crippen LogP contribution in [0.4, 0.5) is 11.4 Å². The lowest BCUT2D eigenvalue weighted by Gasteiger charge is -2.29. The van der Waals surface area contributed by atoms with Crippen molar-refractivity contribution in [3.63, 3.8) is 0 Å². The van der Waals surface area contributed by atoms with E-state index in [1.54, 1.807) is 12.1 Å². The van der Waals surface area contributed by atoms with Gasteiger partial charge in [-0.05, 0) is 12.1 Å². The van der Waals surface area contributed by atoms with Gasteiger partial charge in [0.05, 0.1) is 29.5 Å². The predicted octanol–water partition coefficient (Wildman–Crippen LogP) is 1.63. The van der Waals surface area contributed by atoms with E-state index in [9.17, 15) is 0 Å². The van der Waals surface area contributed by atoms with Crippen molar-refractivity contribution < 1.29 is 4.74 Å². The topological polar surface area (TPSA) is 62.3 Å².